The highest BCUT2D eigenvalue weighted by atomic mass is 15.0. The first-order valence-electron chi connectivity index (χ1n) is 6.53. The van der Waals surface area contributed by atoms with Gasteiger partial charge in [0.15, 0.2) is 0 Å². The lowest BCUT2D eigenvalue weighted by Gasteiger charge is -2.27. The minimum Gasteiger partial charge on any atom is -0.311 e. The van der Waals surface area contributed by atoms with Crippen LogP contribution in [0.4, 0.5) is 0 Å². The molecule has 3 atom stereocenters. The standard InChI is InChI=1S/C13H25N/c1-10-6-5-9-13(10)14-11(2)12-7-3-4-8-12/h10-14H,3-9H2,1-2H3/t10?,11-,13?/m1/s1. The molecule has 0 bridgehead atoms. The average molecular weight is 195 g/mol. The van der Waals surface area contributed by atoms with Crippen LogP contribution in [-0.2, 0) is 0 Å². The van der Waals surface area contributed by atoms with Gasteiger partial charge in [-0.25, -0.2) is 0 Å². The zero-order valence-electron chi connectivity index (χ0n) is 9.76. The van der Waals surface area contributed by atoms with E-state index in [1.807, 2.05) is 0 Å². The third-order valence-electron chi connectivity index (χ3n) is 4.45. The summed E-state index contributed by atoms with van der Waals surface area (Å²) in [6.45, 7) is 4.81. The summed E-state index contributed by atoms with van der Waals surface area (Å²) in [5.41, 5.74) is 0. The molecule has 14 heavy (non-hydrogen) atoms. The topological polar surface area (TPSA) is 12.0 Å². The predicted molar refractivity (Wildman–Crippen MR) is 61.4 cm³/mol. The molecule has 0 radical (unpaired) electrons. The van der Waals surface area contributed by atoms with E-state index in [-0.39, 0.29) is 0 Å². The van der Waals surface area contributed by atoms with Crippen molar-refractivity contribution in [2.24, 2.45) is 11.8 Å². The summed E-state index contributed by atoms with van der Waals surface area (Å²) in [6.07, 6.45) is 10.2. The van der Waals surface area contributed by atoms with Crippen molar-refractivity contribution >= 4 is 0 Å². The van der Waals surface area contributed by atoms with Gasteiger partial charge >= 0.3 is 0 Å². The van der Waals surface area contributed by atoms with Crippen LogP contribution in [0, 0.1) is 11.8 Å². The van der Waals surface area contributed by atoms with Crippen molar-refractivity contribution in [1.82, 2.24) is 5.32 Å². The van der Waals surface area contributed by atoms with Gasteiger partial charge in [-0.05, 0) is 44.4 Å². The van der Waals surface area contributed by atoms with Crippen LogP contribution < -0.4 is 5.32 Å². The number of nitrogens with one attached hydrogen (secondary N) is 1. The molecule has 0 amide bonds. The summed E-state index contributed by atoms with van der Waals surface area (Å²) in [7, 11) is 0. The predicted octanol–water partition coefficient (Wildman–Crippen LogP) is 3.34. The Kier molecular flexibility index (Phi) is 3.48. The van der Waals surface area contributed by atoms with Gasteiger partial charge in [-0.15, -0.1) is 0 Å². The molecule has 0 aromatic carbocycles. The van der Waals surface area contributed by atoms with Crippen molar-refractivity contribution < 1.29 is 0 Å². The van der Waals surface area contributed by atoms with Gasteiger partial charge in [-0.3, -0.25) is 0 Å². The minimum atomic E-state index is 0.767. The summed E-state index contributed by atoms with van der Waals surface area (Å²) >= 11 is 0. The monoisotopic (exact) mass is 195 g/mol. The molecule has 2 fully saturated rings. The molecule has 0 spiro atoms. The molecule has 1 heteroatoms. The summed E-state index contributed by atoms with van der Waals surface area (Å²) in [5, 5.41) is 3.87. The van der Waals surface area contributed by atoms with Gasteiger partial charge in [0.05, 0.1) is 0 Å². The molecule has 0 aromatic rings. The van der Waals surface area contributed by atoms with Gasteiger partial charge in [0.2, 0.25) is 0 Å². The van der Waals surface area contributed by atoms with E-state index in [0.717, 1.165) is 23.9 Å². The zero-order valence-corrected chi connectivity index (χ0v) is 9.76. The third-order valence-corrected chi connectivity index (χ3v) is 4.45. The van der Waals surface area contributed by atoms with Gasteiger partial charge < -0.3 is 5.32 Å². The van der Waals surface area contributed by atoms with Crippen LogP contribution in [0.25, 0.3) is 0 Å². The maximum Gasteiger partial charge on any atom is 0.00952 e. The largest absolute Gasteiger partial charge is 0.311 e. The van der Waals surface area contributed by atoms with Gasteiger partial charge in [0.1, 0.15) is 0 Å². The second-order valence-electron chi connectivity index (χ2n) is 5.51. The van der Waals surface area contributed by atoms with E-state index in [4.69, 9.17) is 0 Å². The smallest absolute Gasteiger partial charge is 0.00952 e. The van der Waals surface area contributed by atoms with Crippen LogP contribution in [-0.4, -0.2) is 12.1 Å². The first-order valence-corrected chi connectivity index (χ1v) is 6.53. The van der Waals surface area contributed by atoms with E-state index in [1.54, 1.807) is 0 Å². The summed E-state index contributed by atoms with van der Waals surface area (Å²) in [6, 6.07) is 1.59. The Bertz CT molecular complexity index is 172. The SMILES string of the molecule is CC1CCCC1N[C@H](C)C1CCCC1. The quantitative estimate of drug-likeness (QED) is 0.728. The van der Waals surface area contributed by atoms with E-state index in [0.29, 0.717) is 0 Å². The maximum absolute atomic E-state index is 3.87. The fourth-order valence-electron chi connectivity index (χ4n) is 3.32. The zero-order chi connectivity index (χ0) is 9.97. The van der Waals surface area contributed by atoms with Gasteiger partial charge in [-0.1, -0.05) is 26.2 Å². The Morgan fingerprint density at radius 3 is 2.29 bits per heavy atom. The number of hydrogen-bond acceptors (Lipinski definition) is 1. The molecule has 1 N–H and O–H groups in total. The Balaban J connectivity index is 1.78. The average Bonchev–Trinajstić information content (AvgIpc) is 2.77. The normalized spacial score (nSPS) is 36.4. The van der Waals surface area contributed by atoms with E-state index < -0.39 is 0 Å². The van der Waals surface area contributed by atoms with Crippen molar-refractivity contribution in [2.45, 2.75) is 70.9 Å². The number of rotatable bonds is 3. The number of hydrogen-bond donors (Lipinski definition) is 1. The lowest BCUT2D eigenvalue weighted by molar-refractivity contribution is 0.311. The first kappa shape index (κ1) is 10.5. The fourth-order valence-corrected chi connectivity index (χ4v) is 3.32. The Hall–Kier alpha value is -0.0400. The van der Waals surface area contributed by atoms with Crippen LogP contribution in [0.15, 0.2) is 0 Å². The van der Waals surface area contributed by atoms with Crippen LogP contribution in [0.2, 0.25) is 0 Å². The maximum atomic E-state index is 3.87. The summed E-state index contributed by atoms with van der Waals surface area (Å²) in [4.78, 5) is 0. The van der Waals surface area contributed by atoms with Gasteiger partial charge in [0, 0.05) is 12.1 Å². The molecule has 0 aromatic heterocycles. The van der Waals surface area contributed by atoms with E-state index in [1.165, 1.54) is 44.9 Å². The van der Waals surface area contributed by atoms with Crippen molar-refractivity contribution in [3.05, 3.63) is 0 Å². The second-order valence-corrected chi connectivity index (χ2v) is 5.51. The molecule has 1 nitrogen and oxygen atoms in total. The van der Waals surface area contributed by atoms with Gasteiger partial charge in [0.25, 0.3) is 0 Å². The molecule has 0 saturated heterocycles. The van der Waals surface area contributed by atoms with Crippen molar-refractivity contribution in [3.8, 4) is 0 Å². The summed E-state index contributed by atoms with van der Waals surface area (Å²) in [5.74, 6) is 1.89. The fraction of sp³-hybridized carbons (Fsp3) is 1.00. The van der Waals surface area contributed by atoms with Crippen LogP contribution in [0.3, 0.4) is 0 Å². The molecule has 2 aliphatic carbocycles. The molecule has 2 aliphatic rings. The van der Waals surface area contributed by atoms with Crippen LogP contribution in [0.1, 0.15) is 58.8 Å². The van der Waals surface area contributed by atoms with E-state index >= 15 is 0 Å². The highest BCUT2D eigenvalue weighted by Crippen LogP contribution is 2.30. The van der Waals surface area contributed by atoms with Crippen molar-refractivity contribution in [2.75, 3.05) is 0 Å². The molecule has 0 heterocycles. The molecule has 0 aliphatic heterocycles. The lowest BCUT2D eigenvalue weighted by atomic mass is 9.97. The van der Waals surface area contributed by atoms with Crippen LogP contribution in [0.5, 0.6) is 0 Å². The molecular weight excluding hydrogens is 170 g/mol. The first-order chi connectivity index (χ1) is 6.77. The molecule has 2 rings (SSSR count). The highest BCUT2D eigenvalue weighted by Gasteiger charge is 2.28. The van der Waals surface area contributed by atoms with Gasteiger partial charge in [-0.2, -0.15) is 0 Å². The van der Waals surface area contributed by atoms with Crippen molar-refractivity contribution in [3.63, 3.8) is 0 Å². The molecule has 2 unspecified atom stereocenters. The summed E-state index contributed by atoms with van der Waals surface area (Å²) < 4.78 is 0. The Morgan fingerprint density at radius 1 is 1.00 bits per heavy atom. The van der Waals surface area contributed by atoms with E-state index in [2.05, 4.69) is 19.2 Å². The minimum absolute atomic E-state index is 0.767. The van der Waals surface area contributed by atoms with Crippen LogP contribution >= 0.6 is 0 Å². The molecular formula is C13H25N. The van der Waals surface area contributed by atoms with Crippen molar-refractivity contribution in [1.29, 1.82) is 0 Å². The third kappa shape index (κ3) is 2.31. The second kappa shape index (κ2) is 4.65. The Labute approximate surface area is 88.7 Å². The molecule has 2 saturated carbocycles. The highest BCUT2D eigenvalue weighted by molar-refractivity contribution is 4.85. The molecule has 82 valence electrons. The lowest BCUT2D eigenvalue weighted by Crippen LogP contribution is -2.41. The van der Waals surface area contributed by atoms with E-state index in [9.17, 15) is 0 Å². The Morgan fingerprint density at radius 2 is 1.71 bits per heavy atom.